The minimum absolute atomic E-state index is 0.0816. The number of nitrogens with one attached hydrogen (secondary N) is 1. The summed E-state index contributed by atoms with van der Waals surface area (Å²) in [4.78, 5) is 16.0. The van der Waals surface area contributed by atoms with E-state index in [9.17, 15) is 18.0 Å². The number of carbonyl (C=O) groups is 1. The molecule has 0 aromatic carbocycles. The van der Waals surface area contributed by atoms with Crippen LogP contribution in [-0.4, -0.2) is 29.3 Å². The van der Waals surface area contributed by atoms with Crippen LogP contribution < -0.4 is 5.32 Å². The summed E-state index contributed by atoms with van der Waals surface area (Å²) in [7, 11) is 0. The number of aromatic nitrogens is 1. The minimum atomic E-state index is -4.71. The number of rotatable bonds is 6. The van der Waals surface area contributed by atoms with Gasteiger partial charge in [-0.15, -0.1) is 11.3 Å². The summed E-state index contributed by atoms with van der Waals surface area (Å²) in [6.07, 6.45) is -3.29. The van der Waals surface area contributed by atoms with E-state index < -0.39 is 23.6 Å². The van der Waals surface area contributed by atoms with Crippen molar-refractivity contribution in [1.29, 1.82) is 0 Å². The second-order valence-electron chi connectivity index (χ2n) is 4.99. The molecule has 1 atom stereocenters. The number of esters is 1. The second-order valence-corrected chi connectivity index (χ2v) is 5.71. The Bertz CT molecular complexity index is 474. The fourth-order valence-corrected chi connectivity index (χ4v) is 3.03. The smallest absolute Gasteiger partial charge is 0.417 e. The molecule has 8 heteroatoms. The fraction of sp³-hybridized carbons (Fsp3) is 0.692. The summed E-state index contributed by atoms with van der Waals surface area (Å²) < 4.78 is 45.7. The maximum Gasteiger partial charge on any atom is 0.417 e. The molecule has 1 heterocycles. The van der Waals surface area contributed by atoms with Crippen molar-refractivity contribution in [2.45, 2.75) is 44.4 Å². The number of ether oxygens (including phenoxy) is 1. The van der Waals surface area contributed by atoms with Crippen LogP contribution in [0.5, 0.6) is 0 Å². The van der Waals surface area contributed by atoms with Crippen LogP contribution in [0.15, 0.2) is 10.9 Å². The molecule has 0 radical (unpaired) electrons. The molecule has 0 saturated heterocycles. The van der Waals surface area contributed by atoms with Gasteiger partial charge < -0.3 is 4.74 Å². The van der Waals surface area contributed by atoms with E-state index in [-0.39, 0.29) is 13.2 Å². The highest BCUT2D eigenvalue weighted by atomic mass is 32.1. The van der Waals surface area contributed by atoms with Gasteiger partial charge in [-0.25, -0.2) is 9.78 Å². The molecule has 1 aliphatic rings. The Morgan fingerprint density at radius 3 is 2.67 bits per heavy atom. The number of carbonyl (C=O) groups excluding carboxylic acids is 1. The molecule has 118 valence electrons. The largest absolute Gasteiger partial charge is 0.464 e. The standard InChI is InChI=1S/C13H17F3N2O2S/c1-2-20-11(19)12(13(14,15)16,9-4-3-5-9)18-6-10-7-21-8-17-10/h7-9,18H,2-6H2,1H3. The summed E-state index contributed by atoms with van der Waals surface area (Å²) in [5.74, 6) is -2.02. The highest BCUT2D eigenvalue weighted by molar-refractivity contribution is 7.07. The molecule has 21 heavy (non-hydrogen) atoms. The molecular formula is C13H17F3N2O2S. The molecule has 1 aromatic heterocycles. The highest BCUT2D eigenvalue weighted by Crippen LogP contribution is 2.46. The lowest BCUT2D eigenvalue weighted by molar-refractivity contribution is -0.232. The van der Waals surface area contributed by atoms with Crippen molar-refractivity contribution in [1.82, 2.24) is 10.3 Å². The van der Waals surface area contributed by atoms with Crippen molar-refractivity contribution >= 4 is 17.3 Å². The van der Waals surface area contributed by atoms with Crippen molar-refractivity contribution in [3.8, 4) is 0 Å². The van der Waals surface area contributed by atoms with E-state index in [1.807, 2.05) is 0 Å². The number of halogens is 3. The van der Waals surface area contributed by atoms with Crippen LogP contribution in [0.2, 0.25) is 0 Å². The van der Waals surface area contributed by atoms with Gasteiger partial charge in [0.05, 0.1) is 17.8 Å². The van der Waals surface area contributed by atoms with E-state index in [0.717, 1.165) is 0 Å². The molecule has 0 amide bonds. The van der Waals surface area contributed by atoms with Gasteiger partial charge in [0, 0.05) is 11.9 Å². The first-order valence-electron chi connectivity index (χ1n) is 6.78. The molecular weight excluding hydrogens is 305 g/mol. The fourth-order valence-electron chi connectivity index (χ4n) is 2.47. The zero-order valence-corrected chi connectivity index (χ0v) is 12.4. The van der Waals surface area contributed by atoms with Crippen molar-refractivity contribution in [3.63, 3.8) is 0 Å². The van der Waals surface area contributed by atoms with Gasteiger partial charge in [-0.2, -0.15) is 13.2 Å². The van der Waals surface area contributed by atoms with E-state index in [1.54, 1.807) is 10.9 Å². The van der Waals surface area contributed by atoms with Crippen molar-refractivity contribution in [2.75, 3.05) is 6.61 Å². The van der Waals surface area contributed by atoms with E-state index in [0.29, 0.717) is 25.0 Å². The van der Waals surface area contributed by atoms with Crippen LogP contribution in [0.4, 0.5) is 13.2 Å². The average Bonchev–Trinajstić information content (AvgIpc) is 2.83. The van der Waals surface area contributed by atoms with Crippen LogP contribution >= 0.6 is 11.3 Å². The Hall–Kier alpha value is -1.15. The normalized spacial score (nSPS) is 18.9. The van der Waals surface area contributed by atoms with Crippen LogP contribution in [0, 0.1) is 5.92 Å². The van der Waals surface area contributed by atoms with E-state index >= 15 is 0 Å². The molecule has 2 rings (SSSR count). The van der Waals surface area contributed by atoms with Crippen LogP contribution in [0.3, 0.4) is 0 Å². The molecule has 1 aromatic rings. The zero-order chi connectivity index (χ0) is 15.5. The molecule has 1 saturated carbocycles. The first kappa shape index (κ1) is 16.2. The predicted octanol–water partition coefficient (Wildman–Crippen LogP) is 2.90. The molecule has 1 N–H and O–H groups in total. The van der Waals surface area contributed by atoms with Crippen molar-refractivity contribution in [2.24, 2.45) is 5.92 Å². The lowest BCUT2D eigenvalue weighted by atomic mass is 9.70. The van der Waals surface area contributed by atoms with Gasteiger partial charge in [-0.05, 0) is 25.7 Å². The SMILES string of the molecule is CCOC(=O)C(NCc1cscn1)(C1CCC1)C(F)(F)F. The molecule has 0 spiro atoms. The summed E-state index contributed by atoms with van der Waals surface area (Å²) in [5, 5.41) is 4.06. The average molecular weight is 322 g/mol. The molecule has 1 fully saturated rings. The lowest BCUT2D eigenvalue weighted by Crippen LogP contribution is -2.68. The van der Waals surface area contributed by atoms with Crippen molar-refractivity contribution in [3.05, 3.63) is 16.6 Å². The van der Waals surface area contributed by atoms with Gasteiger partial charge in [-0.3, -0.25) is 5.32 Å². The number of thiazole rings is 1. The van der Waals surface area contributed by atoms with Gasteiger partial charge >= 0.3 is 12.1 Å². The third-order valence-corrected chi connectivity index (χ3v) is 4.43. The first-order chi connectivity index (χ1) is 9.91. The number of nitrogens with zero attached hydrogens (tertiary/aromatic N) is 1. The van der Waals surface area contributed by atoms with Crippen LogP contribution in [-0.2, 0) is 16.1 Å². The second kappa shape index (κ2) is 6.31. The third kappa shape index (κ3) is 3.06. The number of hydrogen-bond donors (Lipinski definition) is 1. The van der Waals surface area contributed by atoms with E-state index in [4.69, 9.17) is 4.74 Å². The minimum Gasteiger partial charge on any atom is -0.464 e. The predicted molar refractivity (Wildman–Crippen MR) is 71.7 cm³/mol. The Kier molecular flexibility index (Phi) is 4.88. The molecule has 0 aliphatic heterocycles. The Morgan fingerprint density at radius 2 is 2.24 bits per heavy atom. The molecule has 4 nitrogen and oxygen atoms in total. The maximum absolute atomic E-state index is 13.7. The van der Waals surface area contributed by atoms with Gasteiger partial charge in [0.2, 0.25) is 5.54 Å². The van der Waals surface area contributed by atoms with E-state index in [1.165, 1.54) is 18.3 Å². The zero-order valence-electron chi connectivity index (χ0n) is 11.6. The monoisotopic (exact) mass is 322 g/mol. The third-order valence-electron chi connectivity index (χ3n) is 3.79. The van der Waals surface area contributed by atoms with Gasteiger partial charge in [-0.1, -0.05) is 6.42 Å². The molecule has 0 bridgehead atoms. The summed E-state index contributed by atoms with van der Waals surface area (Å²) >= 11 is 1.30. The molecule has 1 unspecified atom stereocenters. The summed E-state index contributed by atoms with van der Waals surface area (Å²) in [5.41, 5.74) is -0.609. The Labute approximate surface area is 124 Å². The summed E-state index contributed by atoms with van der Waals surface area (Å²) in [6.45, 7) is 1.31. The van der Waals surface area contributed by atoms with Gasteiger partial charge in [0.15, 0.2) is 0 Å². The Morgan fingerprint density at radius 1 is 1.52 bits per heavy atom. The topological polar surface area (TPSA) is 51.2 Å². The van der Waals surface area contributed by atoms with E-state index in [2.05, 4.69) is 10.3 Å². The number of hydrogen-bond acceptors (Lipinski definition) is 5. The lowest BCUT2D eigenvalue weighted by Gasteiger charge is -2.44. The highest BCUT2D eigenvalue weighted by Gasteiger charge is 2.66. The quantitative estimate of drug-likeness (QED) is 0.818. The van der Waals surface area contributed by atoms with Crippen LogP contribution in [0.25, 0.3) is 0 Å². The summed E-state index contributed by atoms with van der Waals surface area (Å²) in [6, 6.07) is 0. The van der Waals surface area contributed by atoms with Crippen LogP contribution in [0.1, 0.15) is 31.9 Å². The number of alkyl halides is 3. The Balaban J connectivity index is 2.27. The van der Waals surface area contributed by atoms with Gasteiger partial charge in [0.25, 0.3) is 0 Å². The maximum atomic E-state index is 13.7. The van der Waals surface area contributed by atoms with Crippen molar-refractivity contribution < 1.29 is 22.7 Å². The molecule has 1 aliphatic carbocycles. The first-order valence-corrected chi connectivity index (χ1v) is 7.72. The van der Waals surface area contributed by atoms with Gasteiger partial charge in [0.1, 0.15) is 0 Å².